The van der Waals surface area contributed by atoms with Crippen LogP contribution in [0.3, 0.4) is 0 Å². The number of carbonyl (C=O) groups excluding carboxylic acids is 1. The maximum absolute atomic E-state index is 13.2. The Morgan fingerprint density at radius 1 is 1.06 bits per heavy atom. The van der Waals surface area contributed by atoms with Crippen molar-refractivity contribution in [2.45, 2.75) is 18.6 Å². The Bertz CT molecular complexity index is 1290. The minimum absolute atomic E-state index is 0.0834. The summed E-state index contributed by atoms with van der Waals surface area (Å²) in [5.41, 5.74) is 1.76. The van der Waals surface area contributed by atoms with Gasteiger partial charge in [-0.15, -0.1) is 0 Å². The van der Waals surface area contributed by atoms with Crippen molar-refractivity contribution >= 4 is 34.4 Å². The van der Waals surface area contributed by atoms with Crippen LogP contribution in [0.5, 0.6) is 5.75 Å². The number of hydrogen-bond donors (Lipinski definition) is 1. The van der Waals surface area contributed by atoms with Crippen LogP contribution in [0.15, 0.2) is 82.9 Å². The zero-order valence-corrected chi connectivity index (χ0v) is 18.3. The molecule has 0 aliphatic heterocycles. The largest absolute Gasteiger partial charge is 0.492 e. The Labute approximate surface area is 189 Å². The van der Waals surface area contributed by atoms with E-state index in [1.54, 1.807) is 35.0 Å². The highest BCUT2D eigenvalue weighted by molar-refractivity contribution is 7.99. The van der Waals surface area contributed by atoms with E-state index in [0.29, 0.717) is 40.8 Å². The Kier molecular flexibility index (Phi) is 6.81. The van der Waals surface area contributed by atoms with Gasteiger partial charge in [0, 0.05) is 6.20 Å². The first-order chi connectivity index (χ1) is 15.7. The van der Waals surface area contributed by atoms with Crippen LogP contribution in [-0.4, -0.2) is 32.8 Å². The summed E-state index contributed by atoms with van der Waals surface area (Å²) in [5.74, 6) is 0.478. The second-order valence-corrected chi connectivity index (χ2v) is 7.85. The summed E-state index contributed by atoms with van der Waals surface area (Å²) < 4.78 is 7.15. The van der Waals surface area contributed by atoms with Gasteiger partial charge in [0.25, 0.3) is 5.56 Å². The molecule has 7 nitrogen and oxygen atoms in total. The fourth-order valence-electron chi connectivity index (χ4n) is 3.22. The number of nitrogens with one attached hydrogen (secondary N) is 1. The molecule has 0 bridgehead atoms. The highest BCUT2D eigenvalue weighted by Crippen LogP contribution is 2.24. The highest BCUT2D eigenvalue weighted by atomic mass is 32.2. The van der Waals surface area contributed by atoms with Gasteiger partial charge < -0.3 is 10.1 Å². The Hall–Kier alpha value is -3.65. The van der Waals surface area contributed by atoms with Crippen molar-refractivity contribution in [2.75, 3.05) is 17.7 Å². The third-order valence-electron chi connectivity index (χ3n) is 4.67. The number of para-hydroxylation sites is 2. The molecule has 2 heterocycles. The molecule has 4 rings (SSSR count). The number of thioether (sulfide) groups is 1. The van der Waals surface area contributed by atoms with Crippen molar-refractivity contribution in [3.8, 4) is 5.75 Å². The number of benzene rings is 2. The molecule has 162 valence electrons. The van der Waals surface area contributed by atoms with Crippen LogP contribution in [0, 0.1) is 0 Å². The first kappa shape index (κ1) is 21.6. The van der Waals surface area contributed by atoms with Gasteiger partial charge >= 0.3 is 0 Å². The maximum atomic E-state index is 13.2. The summed E-state index contributed by atoms with van der Waals surface area (Å²) in [4.78, 5) is 34.6. The Balaban J connectivity index is 1.59. The van der Waals surface area contributed by atoms with E-state index in [1.165, 1.54) is 11.8 Å². The summed E-state index contributed by atoms with van der Waals surface area (Å²) in [6.07, 6.45) is 1.60. The van der Waals surface area contributed by atoms with Crippen LogP contribution in [0.4, 0.5) is 5.69 Å². The predicted octanol–water partition coefficient (Wildman–Crippen LogP) is 3.97. The van der Waals surface area contributed by atoms with E-state index in [-0.39, 0.29) is 17.2 Å². The lowest BCUT2D eigenvalue weighted by molar-refractivity contribution is -0.113. The van der Waals surface area contributed by atoms with Crippen molar-refractivity contribution < 1.29 is 9.53 Å². The molecule has 2 aromatic heterocycles. The number of anilines is 1. The van der Waals surface area contributed by atoms with Crippen LogP contribution in [0.25, 0.3) is 11.0 Å². The number of amides is 1. The van der Waals surface area contributed by atoms with Crippen LogP contribution in [-0.2, 0) is 11.3 Å². The third-order valence-corrected chi connectivity index (χ3v) is 5.65. The monoisotopic (exact) mass is 446 g/mol. The summed E-state index contributed by atoms with van der Waals surface area (Å²) in [6, 6.07) is 20.4. The molecule has 0 aliphatic carbocycles. The lowest BCUT2D eigenvalue weighted by Crippen LogP contribution is -2.25. The first-order valence-electron chi connectivity index (χ1n) is 10.2. The molecule has 1 amide bonds. The molecule has 0 unspecified atom stereocenters. The van der Waals surface area contributed by atoms with Crippen LogP contribution >= 0.6 is 11.8 Å². The number of rotatable bonds is 8. The van der Waals surface area contributed by atoms with E-state index in [1.807, 2.05) is 49.4 Å². The quantitative estimate of drug-likeness (QED) is 0.326. The normalized spacial score (nSPS) is 10.8. The fraction of sp³-hybridized carbons (Fsp3) is 0.167. The number of pyridine rings is 1. The summed E-state index contributed by atoms with van der Waals surface area (Å²) >= 11 is 1.20. The van der Waals surface area contributed by atoms with Gasteiger partial charge in [-0.25, -0.2) is 9.97 Å². The zero-order valence-electron chi connectivity index (χ0n) is 17.5. The van der Waals surface area contributed by atoms with Crippen molar-refractivity contribution in [1.82, 2.24) is 14.5 Å². The van der Waals surface area contributed by atoms with E-state index in [2.05, 4.69) is 15.3 Å². The van der Waals surface area contributed by atoms with Crippen molar-refractivity contribution in [3.63, 3.8) is 0 Å². The Morgan fingerprint density at radius 2 is 1.84 bits per heavy atom. The average molecular weight is 447 g/mol. The molecule has 8 heteroatoms. The molecule has 0 spiro atoms. The van der Waals surface area contributed by atoms with Gasteiger partial charge in [0.1, 0.15) is 5.75 Å². The number of aromatic nitrogens is 3. The van der Waals surface area contributed by atoms with Crippen LogP contribution in [0.1, 0.15) is 12.5 Å². The summed E-state index contributed by atoms with van der Waals surface area (Å²) in [5, 5.41) is 3.76. The van der Waals surface area contributed by atoms with Gasteiger partial charge in [-0.1, -0.05) is 54.2 Å². The topological polar surface area (TPSA) is 86.1 Å². The smallest absolute Gasteiger partial charge is 0.263 e. The second-order valence-electron chi connectivity index (χ2n) is 6.91. The number of fused-ring (bicyclic) bond motifs is 1. The number of hydrogen-bond acceptors (Lipinski definition) is 6. The maximum Gasteiger partial charge on any atom is 0.263 e. The lowest BCUT2D eigenvalue weighted by Gasteiger charge is -2.14. The molecule has 0 radical (unpaired) electrons. The second kappa shape index (κ2) is 10.1. The minimum Gasteiger partial charge on any atom is -0.492 e. The molecule has 32 heavy (non-hydrogen) atoms. The van der Waals surface area contributed by atoms with E-state index < -0.39 is 0 Å². The molecule has 2 aromatic carbocycles. The molecule has 1 N–H and O–H groups in total. The first-order valence-corrected chi connectivity index (χ1v) is 11.2. The summed E-state index contributed by atoms with van der Waals surface area (Å²) in [6.45, 7) is 2.75. The minimum atomic E-state index is -0.219. The number of nitrogens with zero attached hydrogens (tertiary/aromatic N) is 3. The van der Waals surface area contributed by atoms with Gasteiger partial charge in [0.2, 0.25) is 5.91 Å². The van der Waals surface area contributed by atoms with E-state index >= 15 is 0 Å². The lowest BCUT2D eigenvalue weighted by atomic mass is 10.2. The summed E-state index contributed by atoms with van der Waals surface area (Å²) in [7, 11) is 0. The van der Waals surface area contributed by atoms with Crippen LogP contribution in [0.2, 0.25) is 0 Å². The van der Waals surface area contributed by atoms with Gasteiger partial charge in [-0.3, -0.25) is 14.2 Å². The zero-order chi connectivity index (χ0) is 22.3. The van der Waals surface area contributed by atoms with Crippen molar-refractivity contribution in [3.05, 3.63) is 88.8 Å². The van der Waals surface area contributed by atoms with E-state index in [4.69, 9.17) is 4.74 Å². The molecule has 0 atom stereocenters. The molecule has 0 aliphatic rings. The Morgan fingerprint density at radius 3 is 2.66 bits per heavy atom. The molecule has 0 saturated carbocycles. The van der Waals surface area contributed by atoms with E-state index in [0.717, 1.165) is 5.56 Å². The number of ether oxygens (including phenoxy) is 1. The third kappa shape index (κ3) is 4.97. The molecular weight excluding hydrogens is 424 g/mol. The van der Waals surface area contributed by atoms with Gasteiger partial charge in [-0.2, -0.15) is 0 Å². The van der Waals surface area contributed by atoms with E-state index in [9.17, 15) is 9.59 Å². The molecular formula is C24H22N4O3S. The van der Waals surface area contributed by atoms with Crippen molar-refractivity contribution in [1.29, 1.82) is 0 Å². The van der Waals surface area contributed by atoms with Gasteiger partial charge in [0.15, 0.2) is 10.8 Å². The predicted molar refractivity (Wildman–Crippen MR) is 126 cm³/mol. The molecule has 0 fully saturated rings. The van der Waals surface area contributed by atoms with Crippen molar-refractivity contribution in [2.24, 2.45) is 0 Å². The standard InChI is InChI=1S/C24H22N4O3S/c1-2-31-20-13-7-6-12-19(20)26-21(29)16-32-24-27-22-18(11-8-14-25-22)23(30)28(24)15-17-9-4-3-5-10-17/h3-14H,2,15-16H2,1H3,(H,26,29). The van der Waals surface area contributed by atoms with Gasteiger partial charge in [0.05, 0.1) is 30.0 Å². The molecule has 0 saturated heterocycles. The van der Waals surface area contributed by atoms with Crippen LogP contribution < -0.4 is 15.6 Å². The average Bonchev–Trinajstić information content (AvgIpc) is 2.82. The fourth-order valence-corrected chi connectivity index (χ4v) is 4.01. The van der Waals surface area contributed by atoms with Gasteiger partial charge in [-0.05, 0) is 36.8 Å². The molecule has 4 aromatic rings. The number of carbonyl (C=O) groups is 1. The highest BCUT2D eigenvalue weighted by Gasteiger charge is 2.15. The SMILES string of the molecule is CCOc1ccccc1NC(=O)CSc1nc2ncccc2c(=O)n1Cc1ccccc1.